The molecule has 0 unspecified atom stereocenters. The second-order valence-corrected chi connectivity index (χ2v) is 12.2. The fourth-order valence-electron chi connectivity index (χ4n) is 5.27. The first-order valence-corrected chi connectivity index (χ1v) is 15.5. The molecule has 0 spiro atoms. The van der Waals surface area contributed by atoms with Gasteiger partial charge in [-0.2, -0.15) is 5.10 Å². The van der Waals surface area contributed by atoms with Crippen molar-refractivity contribution >= 4 is 38.3 Å². The Balaban J connectivity index is 1.20. The van der Waals surface area contributed by atoms with Crippen molar-refractivity contribution < 1.29 is 27.2 Å². The molecule has 1 aliphatic carbocycles. The summed E-state index contributed by atoms with van der Waals surface area (Å²) in [5.41, 5.74) is 4.52. The Morgan fingerprint density at radius 1 is 1.00 bits per heavy atom. The molecule has 0 bridgehead atoms. The molecule has 4 N–H and O–H groups in total. The van der Waals surface area contributed by atoms with E-state index < -0.39 is 10.0 Å². The minimum Gasteiger partial charge on any atom is -0.495 e. The molecule has 0 atom stereocenters. The Hall–Kier alpha value is -4.89. The molecule has 44 heavy (non-hydrogen) atoms. The van der Waals surface area contributed by atoms with Crippen LogP contribution in [0.4, 0.5) is 17.3 Å². The Bertz CT molecular complexity index is 1960. The lowest BCUT2D eigenvalue weighted by Gasteiger charge is -2.18. The number of nitrogens with one attached hydrogen (secondary N) is 4. The van der Waals surface area contributed by atoms with Gasteiger partial charge in [0.15, 0.2) is 27.9 Å². The molecule has 1 fully saturated rings. The molecule has 3 aromatic heterocycles. The van der Waals surface area contributed by atoms with Crippen molar-refractivity contribution in [1.29, 1.82) is 0 Å². The lowest BCUT2D eigenvalue weighted by Crippen LogP contribution is -2.25. The van der Waals surface area contributed by atoms with E-state index in [1.54, 1.807) is 30.5 Å². The van der Waals surface area contributed by atoms with Crippen molar-refractivity contribution in [2.45, 2.75) is 36.6 Å². The second kappa shape index (κ2) is 11.0. The maximum Gasteiger partial charge on any atom is 0.270 e. The predicted octanol–water partition coefficient (Wildman–Crippen LogP) is 4.10. The van der Waals surface area contributed by atoms with Crippen LogP contribution in [-0.4, -0.2) is 61.6 Å². The third kappa shape index (κ3) is 5.13. The van der Waals surface area contributed by atoms with Gasteiger partial charge in [0.25, 0.3) is 10.0 Å². The van der Waals surface area contributed by atoms with Crippen LogP contribution < -0.4 is 29.6 Å². The fourth-order valence-corrected chi connectivity index (χ4v) is 6.59. The number of H-pyrrole nitrogens is 1. The van der Waals surface area contributed by atoms with E-state index in [2.05, 4.69) is 40.7 Å². The Morgan fingerprint density at radius 3 is 2.50 bits per heavy atom. The minimum atomic E-state index is -4.30. The number of fused-ring (bicyclic) bond motifs is 2. The Kier molecular flexibility index (Phi) is 6.97. The van der Waals surface area contributed by atoms with Crippen LogP contribution in [0.3, 0.4) is 0 Å². The Labute approximate surface area is 252 Å². The first-order chi connectivity index (χ1) is 21.4. The van der Waals surface area contributed by atoms with Crippen LogP contribution >= 0.6 is 0 Å². The van der Waals surface area contributed by atoms with E-state index in [4.69, 9.17) is 18.7 Å². The van der Waals surface area contributed by atoms with Crippen LogP contribution in [0.15, 0.2) is 45.9 Å². The molecule has 1 aliphatic heterocycles. The number of sulfonamides is 1. The molecule has 0 amide bonds. The summed E-state index contributed by atoms with van der Waals surface area (Å²) >= 11 is 0. The third-order valence-electron chi connectivity index (χ3n) is 7.71. The number of rotatable bonds is 10. The lowest BCUT2D eigenvalue weighted by molar-refractivity contribution is 0.374. The number of nitrogens with zero attached hydrogens (tertiary/aromatic N) is 4. The van der Waals surface area contributed by atoms with Gasteiger partial charge in [0, 0.05) is 42.0 Å². The van der Waals surface area contributed by atoms with E-state index >= 15 is 0 Å². The van der Waals surface area contributed by atoms with E-state index in [0.717, 1.165) is 42.8 Å². The molecule has 7 rings (SSSR count). The highest BCUT2D eigenvalue weighted by atomic mass is 32.2. The molecule has 0 saturated heterocycles. The summed E-state index contributed by atoms with van der Waals surface area (Å²) in [4.78, 5) is 8.98. The summed E-state index contributed by atoms with van der Waals surface area (Å²) < 4.78 is 52.3. The van der Waals surface area contributed by atoms with Crippen LogP contribution in [0, 0.1) is 0 Å². The SMILES string of the molecule is COc1cc2c(NS(=O)(=O)c3c(OC)cc(-c4ncc5c(n4)CNCC5)cc3OC)noc2cc1Nc1cc(C2CC2)[nH]n1. The fraction of sp³-hybridized carbons (Fsp3) is 0.310. The summed E-state index contributed by atoms with van der Waals surface area (Å²) in [6.45, 7) is 1.50. The summed E-state index contributed by atoms with van der Waals surface area (Å²) in [6.07, 6.45) is 4.94. The highest BCUT2D eigenvalue weighted by molar-refractivity contribution is 7.93. The highest BCUT2D eigenvalue weighted by Gasteiger charge is 2.30. The zero-order chi connectivity index (χ0) is 30.4. The average Bonchev–Trinajstić information content (AvgIpc) is 3.68. The van der Waals surface area contributed by atoms with Gasteiger partial charge in [0.1, 0.15) is 17.2 Å². The van der Waals surface area contributed by atoms with Gasteiger partial charge in [-0.1, -0.05) is 5.16 Å². The number of aromatic amines is 1. The van der Waals surface area contributed by atoms with Gasteiger partial charge in [-0.05, 0) is 49.6 Å². The molecule has 5 aromatic rings. The quantitative estimate of drug-likeness (QED) is 0.176. The number of benzene rings is 2. The zero-order valence-corrected chi connectivity index (χ0v) is 25.0. The van der Waals surface area contributed by atoms with Gasteiger partial charge >= 0.3 is 0 Å². The van der Waals surface area contributed by atoms with Crippen LogP contribution in [0.2, 0.25) is 0 Å². The number of anilines is 3. The van der Waals surface area contributed by atoms with Crippen molar-refractivity contribution in [3.05, 3.63) is 53.5 Å². The summed E-state index contributed by atoms with van der Waals surface area (Å²) in [5, 5.41) is 18.3. The lowest BCUT2D eigenvalue weighted by atomic mass is 10.1. The highest BCUT2D eigenvalue weighted by Crippen LogP contribution is 2.42. The van der Waals surface area contributed by atoms with Crippen molar-refractivity contribution in [2.24, 2.45) is 0 Å². The van der Waals surface area contributed by atoms with E-state index in [1.165, 1.54) is 21.3 Å². The number of ether oxygens (including phenoxy) is 3. The molecule has 15 heteroatoms. The number of methoxy groups -OCH3 is 3. The van der Waals surface area contributed by atoms with Gasteiger partial charge in [-0.25, -0.2) is 18.4 Å². The smallest absolute Gasteiger partial charge is 0.270 e. The van der Waals surface area contributed by atoms with Crippen LogP contribution in [0.5, 0.6) is 17.2 Å². The van der Waals surface area contributed by atoms with E-state index in [9.17, 15) is 8.42 Å². The normalized spacial score (nSPS) is 14.7. The molecular weight excluding hydrogens is 588 g/mol. The average molecular weight is 619 g/mol. The maximum atomic E-state index is 13.8. The van der Waals surface area contributed by atoms with E-state index in [1.807, 2.05) is 6.07 Å². The summed E-state index contributed by atoms with van der Waals surface area (Å²) in [7, 11) is -0.0134. The first-order valence-electron chi connectivity index (χ1n) is 14.0. The molecular formula is C29H30N8O6S. The second-order valence-electron chi connectivity index (χ2n) is 10.6. The zero-order valence-electron chi connectivity index (χ0n) is 24.2. The van der Waals surface area contributed by atoms with Gasteiger partial charge < -0.3 is 29.4 Å². The number of hydrogen-bond acceptors (Lipinski definition) is 12. The summed E-state index contributed by atoms with van der Waals surface area (Å²) in [6, 6.07) is 8.41. The van der Waals surface area contributed by atoms with E-state index in [0.29, 0.717) is 52.1 Å². The third-order valence-corrected chi connectivity index (χ3v) is 9.11. The summed E-state index contributed by atoms with van der Waals surface area (Å²) in [5.74, 6) is 2.09. The van der Waals surface area contributed by atoms with Crippen molar-refractivity contribution in [1.82, 2.24) is 30.6 Å². The van der Waals surface area contributed by atoms with Crippen molar-refractivity contribution in [3.8, 4) is 28.6 Å². The Morgan fingerprint density at radius 2 is 1.77 bits per heavy atom. The first kappa shape index (κ1) is 27.9. The topological polar surface area (TPSA) is 178 Å². The van der Waals surface area contributed by atoms with Gasteiger partial charge in [-0.3, -0.25) is 9.82 Å². The van der Waals surface area contributed by atoms with Gasteiger partial charge in [0.05, 0.1) is 38.1 Å². The van der Waals surface area contributed by atoms with Gasteiger partial charge in [0.2, 0.25) is 0 Å². The largest absolute Gasteiger partial charge is 0.495 e. The molecule has 1 saturated carbocycles. The van der Waals surface area contributed by atoms with E-state index in [-0.39, 0.29) is 22.2 Å². The van der Waals surface area contributed by atoms with Crippen molar-refractivity contribution in [3.63, 3.8) is 0 Å². The van der Waals surface area contributed by atoms with Crippen LogP contribution in [0.1, 0.15) is 35.7 Å². The molecule has 2 aliphatic rings. The molecule has 4 heterocycles. The molecule has 2 aromatic carbocycles. The molecule has 0 radical (unpaired) electrons. The van der Waals surface area contributed by atoms with Crippen LogP contribution in [-0.2, 0) is 23.0 Å². The van der Waals surface area contributed by atoms with Gasteiger partial charge in [-0.15, -0.1) is 0 Å². The number of hydrogen-bond donors (Lipinski definition) is 4. The maximum absolute atomic E-state index is 13.8. The molecule has 14 nitrogen and oxygen atoms in total. The van der Waals surface area contributed by atoms with Crippen LogP contribution in [0.25, 0.3) is 22.4 Å². The standard InChI is InChI=1S/C29H30N8O6S/c1-40-23-10-18-22(11-20(23)32-26-12-19(34-35-26)15-4-5-15)43-36-29(18)37-44(38,39)27-24(41-2)8-17(9-25(27)42-3)28-31-13-16-6-7-30-14-21(16)33-28/h8-13,15,30H,4-7,14H2,1-3H3,(H,36,37)(H2,32,34,35). The number of aromatic nitrogens is 5. The monoisotopic (exact) mass is 618 g/mol. The van der Waals surface area contributed by atoms with Crippen molar-refractivity contribution in [2.75, 3.05) is 37.9 Å². The molecule has 228 valence electrons. The minimum absolute atomic E-state index is 0.0284. The predicted molar refractivity (Wildman–Crippen MR) is 161 cm³/mol.